The van der Waals surface area contributed by atoms with Crippen molar-refractivity contribution in [3.8, 4) is 0 Å². The molecule has 5 nitrogen and oxygen atoms in total. The van der Waals surface area contributed by atoms with E-state index in [0.29, 0.717) is 12.1 Å². The second-order valence-electron chi connectivity index (χ2n) is 8.48. The third-order valence-electron chi connectivity index (χ3n) is 6.23. The highest BCUT2D eigenvalue weighted by atomic mass is 15.2. The van der Waals surface area contributed by atoms with E-state index in [1.807, 2.05) is 12.3 Å². The Labute approximate surface area is 168 Å². The van der Waals surface area contributed by atoms with Gasteiger partial charge in [0.1, 0.15) is 0 Å². The highest BCUT2D eigenvalue weighted by Gasteiger charge is 2.25. The quantitative estimate of drug-likeness (QED) is 0.836. The summed E-state index contributed by atoms with van der Waals surface area (Å²) in [5.41, 5.74) is 13.0. The van der Waals surface area contributed by atoms with E-state index < -0.39 is 0 Å². The lowest BCUT2D eigenvalue weighted by Gasteiger charge is -2.37. The Morgan fingerprint density at radius 3 is 2.82 bits per heavy atom. The summed E-state index contributed by atoms with van der Waals surface area (Å²) in [5, 5.41) is 3.74. The molecule has 1 aromatic heterocycles. The topological polar surface area (TPSA) is 57.4 Å². The standard InChI is InChI=1S/C23H33N5/c1-17-5-4-10-25-22(17)16-27(2)15-20-13-21-18(14-26-20)6-3-7-23(21)28-11-8-19(24)9-12-28/h3-7,10,19-20,26H,8-9,11-16,24H2,1-2H3. The third kappa shape index (κ3) is 4.37. The molecule has 0 bridgehead atoms. The van der Waals surface area contributed by atoms with Gasteiger partial charge in [0, 0.05) is 56.7 Å². The van der Waals surface area contributed by atoms with Gasteiger partial charge in [0.2, 0.25) is 0 Å². The number of likely N-dealkylation sites (N-methyl/N-ethyl adjacent to an activating group) is 1. The summed E-state index contributed by atoms with van der Waals surface area (Å²) in [6, 6.07) is 11.8. The molecule has 0 aliphatic carbocycles. The summed E-state index contributed by atoms with van der Waals surface area (Å²) in [4.78, 5) is 9.49. The second-order valence-corrected chi connectivity index (χ2v) is 8.48. The van der Waals surface area contributed by atoms with Gasteiger partial charge in [0.15, 0.2) is 0 Å². The average molecular weight is 380 g/mol. The Morgan fingerprint density at radius 1 is 1.21 bits per heavy atom. The average Bonchev–Trinajstić information content (AvgIpc) is 2.70. The molecular weight excluding hydrogens is 346 g/mol. The number of aryl methyl sites for hydroxylation is 1. The highest BCUT2D eigenvalue weighted by Crippen LogP contribution is 2.30. The van der Waals surface area contributed by atoms with Gasteiger partial charge in [-0.3, -0.25) is 9.88 Å². The number of nitrogens with zero attached hydrogens (tertiary/aromatic N) is 3. The van der Waals surface area contributed by atoms with Gasteiger partial charge in [-0.2, -0.15) is 0 Å². The molecule has 0 amide bonds. The number of nitrogens with two attached hydrogens (primary N) is 1. The molecular formula is C23H33N5. The van der Waals surface area contributed by atoms with Crippen molar-refractivity contribution in [1.29, 1.82) is 0 Å². The first kappa shape index (κ1) is 19.4. The van der Waals surface area contributed by atoms with Crippen LogP contribution in [0, 0.1) is 6.92 Å². The Morgan fingerprint density at radius 2 is 2.04 bits per heavy atom. The molecule has 1 aromatic carbocycles. The van der Waals surface area contributed by atoms with Gasteiger partial charge in [-0.05, 0) is 62.1 Å². The first-order chi connectivity index (χ1) is 13.6. The van der Waals surface area contributed by atoms with Crippen LogP contribution in [0.5, 0.6) is 0 Å². The van der Waals surface area contributed by atoms with Crippen LogP contribution in [-0.4, -0.2) is 48.6 Å². The molecule has 0 spiro atoms. The number of hydrogen-bond donors (Lipinski definition) is 2. The van der Waals surface area contributed by atoms with E-state index in [0.717, 1.165) is 52.0 Å². The van der Waals surface area contributed by atoms with Crippen molar-refractivity contribution in [3.05, 3.63) is 58.9 Å². The first-order valence-electron chi connectivity index (χ1n) is 10.5. The van der Waals surface area contributed by atoms with Crippen molar-refractivity contribution in [2.24, 2.45) is 5.73 Å². The molecule has 1 atom stereocenters. The Kier molecular flexibility index (Phi) is 5.95. The minimum atomic E-state index is 0.369. The van der Waals surface area contributed by atoms with Crippen LogP contribution in [0.4, 0.5) is 5.69 Å². The fraction of sp³-hybridized carbons (Fsp3) is 0.522. The van der Waals surface area contributed by atoms with Gasteiger partial charge >= 0.3 is 0 Å². The molecule has 0 saturated carbocycles. The number of hydrogen-bond acceptors (Lipinski definition) is 5. The SMILES string of the molecule is Cc1cccnc1CN(C)CC1Cc2c(cccc2N2CCC(N)CC2)CN1. The van der Waals surface area contributed by atoms with Gasteiger partial charge in [-0.25, -0.2) is 0 Å². The van der Waals surface area contributed by atoms with E-state index in [1.165, 1.54) is 28.1 Å². The Hall–Kier alpha value is -1.95. The van der Waals surface area contributed by atoms with Crippen molar-refractivity contribution >= 4 is 5.69 Å². The maximum absolute atomic E-state index is 6.12. The molecule has 2 aliphatic heterocycles. The van der Waals surface area contributed by atoms with Crippen LogP contribution in [0.15, 0.2) is 36.5 Å². The van der Waals surface area contributed by atoms with Crippen LogP contribution in [-0.2, 0) is 19.5 Å². The molecule has 2 aliphatic rings. The maximum Gasteiger partial charge on any atom is 0.0572 e. The fourth-order valence-electron chi connectivity index (χ4n) is 4.54. The summed E-state index contributed by atoms with van der Waals surface area (Å²) < 4.78 is 0. The van der Waals surface area contributed by atoms with Crippen molar-refractivity contribution in [2.75, 3.05) is 31.6 Å². The van der Waals surface area contributed by atoms with Gasteiger partial charge in [-0.15, -0.1) is 0 Å². The summed E-state index contributed by atoms with van der Waals surface area (Å²) in [7, 11) is 2.20. The van der Waals surface area contributed by atoms with E-state index in [9.17, 15) is 0 Å². The maximum atomic E-state index is 6.12. The predicted octanol–water partition coefficient (Wildman–Crippen LogP) is 2.46. The normalized spacial score (nSPS) is 20.4. The smallest absolute Gasteiger partial charge is 0.0572 e. The summed E-state index contributed by atoms with van der Waals surface area (Å²) >= 11 is 0. The highest BCUT2D eigenvalue weighted by molar-refractivity contribution is 5.58. The van der Waals surface area contributed by atoms with Crippen molar-refractivity contribution < 1.29 is 0 Å². The third-order valence-corrected chi connectivity index (χ3v) is 6.23. The number of pyridine rings is 1. The lowest BCUT2D eigenvalue weighted by atomic mass is 9.92. The Bertz CT molecular complexity index is 797. The van der Waals surface area contributed by atoms with Gasteiger partial charge in [0.25, 0.3) is 0 Å². The molecule has 3 heterocycles. The lowest BCUT2D eigenvalue weighted by Crippen LogP contribution is -2.45. The summed E-state index contributed by atoms with van der Waals surface area (Å²) in [6.07, 6.45) is 5.16. The van der Waals surface area contributed by atoms with Crippen LogP contribution < -0.4 is 16.0 Å². The van der Waals surface area contributed by atoms with Crippen LogP contribution in [0.25, 0.3) is 0 Å². The van der Waals surface area contributed by atoms with Crippen molar-refractivity contribution in [2.45, 2.75) is 51.4 Å². The molecule has 1 unspecified atom stereocenters. The second kappa shape index (κ2) is 8.60. The number of piperidine rings is 1. The van der Waals surface area contributed by atoms with Crippen LogP contribution in [0.1, 0.15) is 35.2 Å². The zero-order chi connectivity index (χ0) is 19.5. The van der Waals surface area contributed by atoms with E-state index in [2.05, 4.69) is 58.3 Å². The molecule has 5 heteroatoms. The number of nitrogens with one attached hydrogen (secondary N) is 1. The summed E-state index contributed by atoms with van der Waals surface area (Å²) in [5.74, 6) is 0. The largest absolute Gasteiger partial charge is 0.371 e. The van der Waals surface area contributed by atoms with E-state index in [4.69, 9.17) is 5.73 Å². The van der Waals surface area contributed by atoms with E-state index >= 15 is 0 Å². The Balaban J connectivity index is 1.43. The number of rotatable bonds is 5. The fourth-order valence-corrected chi connectivity index (χ4v) is 4.54. The van der Waals surface area contributed by atoms with E-state index in [1.54, 1.807) is 0 Å². The number of aromatic nitrogens is 1. The molecule has 28 heavy (non-hydrogen) atoms. The van der Waals surface area contributed by atoms with Crippen LogP contribution in [0.2, 0.25) is 0 Å². The molecule has 4 rings (SSSR count). The number of fused-ring (bicyclic) bond motifs is 1. The molecule has 3 N–H and O–H groups in total. The number of anilines is 1. The molecule has 0 radical (unpaired) electrons. The number of benzene rings is 1. The molecule has 2 aromatic rings. The zero-order valence-corrected chi connectivity index (χ0v) is 17.2. The minimum Gasteiger partial charge on any atom is -0.371 e. The van der Waals surface area contributed by atoms with Crippen molar-refractivity contribution in [3.63, 3.8) is 0 Å². The predicted molar refractivity (Wildman–Crippen MR) is 116 cm³/mol. The molecule has 1 saturated heterocycles. The van der Waals surface area contributed by atoms with E-state index in [-0.39, 0.29) is 0 Å². The zero-order valence-electron chi connectivity index (χ0n) is 17.2. The van der Waals surface area contributed by atoms with Gasteiger partial charge in [0.05, 0.1) is 5.69 Å². The van der Waals surface area contributed by atoms with Gasteiger partial charge < -0.3 is 16.0 Å². The monoisotopic (exact) mass is 379 g/mol. The summed E-state index contributed by atoms with van der Waals surface area (Å²) in [6.45, 7) is 7.17. The van der Waals surface area contributed by atoms with Crippen molar-refractivity contribution in [1.82, 2.24) is 15.2 Å². The van der Waals surface area contributed by atoms with Crippen LogP contribution in [0.3, 0.4) is 0 Å². The lowest BCUT2D eigenvalue weighted by molar-refractivity contribution is 0.271. The molecule has 150 valence electrons. The first-order valence-corrected chi connectivity index (χ1v) is 10.5. The molecule has 1 fully saturated rings. The van der Waals surface area contributed by atoms with Gasteiger partial charge in [-0.1, -0.05) is 18.2 Å². The van der Waals surface area contributed by atoms with Crippen LogP contribution >= 0.6 is 0 Å². The minimum absolute atomic E-state index is 0.369.